The van der Waals surface area contributed by atoms with E-state index in [9.17, 15) is 4.79 Å². The molecule has 2 unspecified atom stereocenters. The minimum absolute atomic E-state index is 0.0219. The molecule has 2 atom stereocenters. The second kappa shape index (κ2) is 7.11. The van der Waals surface area contributed by atoms with Gasteiger partial charge in [0.25, 0.3) is 5.91 Å². The average Bonchev–Trinajstić information content (AvgIpc) is 3.36. The molecule has 6 nitrogen and oxygen atoms in total. The molecule has 1 aliphatic heterocycles. The monoisotopic (exact) mass is 348 g/mol. The number of carbonyl (C=O) groups excluding carboxylic acids is 1. The fourth-order valence-electron chi connectivity index (χ4n) is 3.10. The van der Waals surface area contributed by atoms with Gasteiger partial charge >= 0.3 is 0 Å². The van der Waals surface area contributed by atoms with E-state index < -0.39 is 0 Å². The summed E-state index contributed by atoms with van der Waals surface area (Å²) in [6.07, 6.45) is 2.23. The largest absolute Gasteiger partial charge is 0.468 e. The molecule has 1 amide bonds. The van der Waals surface area contributed by atoms with Crippen molar-refractivity contribution in [2.24, 2.45) is 5.10 Å². The summed E-state index contributed by atoms with van der Waals surface area (Å²) in [5.74, 6) is 0.635. The van der Waals surface area contributed by atoms with E-state index in [2.05, 4.69) is 45.6 Å². The predicted molar refractivity (Wildman–Crippen MR) is 100 cm³/mol. The molecule has 1 aromatic heterocycles. The van der Waals surface area contributed by atoms with Crippen LogP contribution in [-0.2, 0) is 4.79 Å². The maximum Gasteiger partial charge on any atom is 0.258 e. The number of hydrazone groups is 1. The smallest absolute Gasteiger partial charge is 0.258 e. The van der Waals surface area contributed by atoms with Crippen LogP contribution in [-0.4, -0.2) is 17.7 Å². The van der Waals surface area contributed by atoms with E-state index in [0.717, 1.165) is 22.4 Å². The predicted octanol–water partition coefficient (Wildman–Crippen LogP) is 2.88. The van der Waals surface area contributed by atoms with E-state index >= 15 is 0 Å². The minimum Gasteiger partial charge on any atom is -0.468 e. The third kappa shape index (κ3) is 3.37. The van der Waals surface area contributed by atoms with Crippen molar-refractivity contribution in [1.82, 2.24) is 16.3 Å². The van der Waals surface area contributed by atoms with Crippen LogP contribution in [0.3, 0.4) is 0 Å². The average molecular weight is 348 g/mol. The van der Waals surface area contributed by atoms with Gasteiger partial charge < -0.3 is 4.42 Å². The molecule has 0 aliphatic carbocycles. The molecule has 3 aromatic rings. The van der Waals surface area contributed by atoms with Crippen LogP contribution in [0, 0.1) is 0 Å². The lowest BCUT2D eigenvalue weighted by atomic mass is 10.0. The van der Waals surface area contributed by atoms with E-state index in [4.69, 9.17) is 4.42 Å². The van der Waals surface area contributed by atoms with Crippen molar-refractivity contribution >= 4 is 22.4 Å². The molecule has 6 heteroatoms. The first kappa shape index (κ1) is 16.5. The topological polar surface area (TPSA) is 78.7 Å². The maximum atomic E-state index is 12.4. The zero-order valence-electron chi connectivity index (χ0n) is 14.4. The van der Waals surface area contributed by atoms with Crippen molar-refractivity contribution < 1.29 is 9.21 Å². The molecule has 1 saturated heterocycles. The number of hydrogen-bond acceptors (Lipinski definition) is 5. The Morgan fingerprint density at radius 1 is 1.12 bits per heavy atom. The summed E-state index contributed by atoms with van der Waals surface area (Å²) in [5.41, 5.74) is 10.5. The lowest BCUT2D eigenvalue weighted by Crippen LogP contribution is -2.41. The van der Waals surface area contributed by atoms with Crippen LogP contribution in [0.5, 0.6) is 0 Å². The molecule has 3 N–H and O–H groups in total. The van der Waals surface area contributed by atoms with Gasteiger partial charge in [0.1, 0.15) is 11.8 Å². The number of nitrogens with one attached hydrogen (secondary N) is 3. The van der Waals surface area contributed by atoms with E-state index in [-0.39, 0.29) is 18.0 Å². The molecule has 1 aliphatic rings. The third-order valence-corrected chi connectivity index (χ3v) is 4.61. The van der Waals surface area contributed by atoms with Gasteiger partial charge in [0, 0.05) is 0 Å². The molecule has 0 radical (unpaired) electrons. The van der Waals surface area contributed by atoms with E-state index in [1.807, 2.05) is 37.3 Å². The fourth-order valence-corrected chi connectivity index (χ4v) is 3.10. The van der Waals surface area contributed by atoms with Gasteiger partial charge in [0.05, 0.1) is 18.0 Å². The molecule has 4 rings (SSSR count). The molecule has 0 bridgehead atoms. The molecule has 0 saturated carbocycles. The highest BCUT2D eigenvalue weighted by atomic mass is 16.3. The van der Waals surface area contributed by atoms with Gasteiger partial charge in [-0.25, -0.2) is 16.3 Å². The minimum atomic E-state index is -0.363. The molecule has 0 spiro atoms. The standard InChI is InChI=1S/C20H20N4O2/c1-13(15-9-8-14-5-2-3-6-16(14)11-15)21-24-20(25)18-12-17(22-23-18)19-7-4-10-26-19/h2-11,17-18,22-23H,12H2,1H3,(H,24,25)/b21-13+. The van der Waals surface area contributed by atoms with Gasteiger partial charge in [-0.2, -0.15) is 5.10 Å². The van der Waals surface area contributed by atoms with Crippen LogP contribution in [0.1, 0.15) is 30.7 Å². The normalized spacial score (nSPS) is 20.4. The molecule has 26 heavy (non-hydrogen) atoms. The number of carbonyl (C=O) groups is 1. The highest BCUT2D eigenvalue weighted by molar-refractivity contribution is 6.02. The number of benzene rings is 2. The van der Waals surface area contributed by atoms with Gasteiger partial charge in [0.15, 0.2) is 0 Å². The molecule has 2 heterocycles. The summed E-state index contributed by atoms with van der Waals surface area (Å²) >= 11 is 0. The molecular weight excluding hydrogens is 328 g/mol. The third-order valence-electron chi connectivity index (χ3n) is 4.61. The lowest BCUT2D eigenvalue weighted by molar-refractivity contribution is -0.122. The maximum absolute atomic E-state index is 12.4. The van der Waals surface area contributed by atoms with Crippen LogP contribution in [0.25, 0.3) is 10.8 Å². The number of nitrogens with zero attached hydrogens (tertiary/aromatic N) is 1. The lowest BCUT2D eigenvalue weighted by Gasteiger charge is -2.08. The van der Waals surface area contributed by atoms with Crippen LogP contribution < -0.4 is 16.3 Å². The molecule has 2 aromatic carbocycles. The van der Waals surface area contributed by atoms with Crippen molar-refractivity contribution in [3.8, 4) is 0 Å². The first-order valence-corrected chi connectivity index (χ1v) is 8.58. The summed E-state index contributed by atoms with van der Waals surface area (Å²) in [6, 6.07) is 17.6. The zero-order valence-corrected chi connectivity index (χ0v) is 14.4. The van der Waals surface area contributed by atoms with E-state index in [1.54, 1.807) is 6.26 Å². The van der Waals surface area contributed by atoms with Gasteiger partial charge in [-0.15, -0.1) is 0 Å². The summed E-state index contributed by atoms with van der Waals surface area (Å²) < 4.78 is 5.37. The highest BCUT2D eigenvalue weighted by Gasteiger charge is 2.31. The van der Waals surface area contributed by atoms with Crippen LogP contribution in [0.2, 0.25) is 0 Å². The first-order valence-electron chi connectivity index (χ1n) is 8.58. The summed E-state index contributed by atoms with van der Waals surface area (Å²) in [4.78, 5) is 12.4. The second-order valence-corrected chi connectivity index (χ2v) is 6.38. The van der Waals surface area contributed by atoms with Gasteiger partial charge in [-0.1, -0.05) is 36.4 Å². The molecular formula is C20H20N4O2. The Labute approximate surface area is 151 Å². The Morgan fingerprint density at radius 3 is 2.77 bits per heavy atom. The van der Waals surface area contributed by atoms with Crippen LogP contribution >= 0.6 is 0 Å². The highest BCUT2D eigenvalue weighted by Crippen LogP contribution is 2.22. The molecule has 1 fully saturated rings. The fraction of sp³-hybridized carbons (Fsp3) is 0.200. The van der Waals surface area contributed by atoms with E-state index in [1.165, 1.54) is 5.39 Å². The van der Waals surface area contributed by atoms with Crippen LogP contribution in [0.4, 0.5) is 0 Å². The second-order valence-electron chi connectivity index (χ2n) is 6.38. The van der Waals surface area contributed by atoms with Crippen molar-refractivity contribution in [2.45, 2.75) is 25.4 Å². The van der Waals surface area contributed by atoms with Gasteiger partial charge in [0.2, 0.25) is 0 Å². The van der Waals surface area contributed by atoms with Gasteiger partial charge in [-0.05, 0) is 47.9 Å². The van der Waals surface area contributed by atoms with Crippen molar-refractivity contribution in [2.75, 3.05) is 0 Å². The number of rotatable bonds is 4. The number of furan rings is 1. The number of hydrazine groups is 1. The number of amides is 1. The van der Waals surface area contributed by atoms with Gasteiger partial charge in [-0.3, -0.25) is 4.79 Å². The van der Waals surface area contributed by atoms with Crippen LogP contribution in [0.15, 0.2) is 70.4 Å². The Bertz CT molecular complexity index is 949. The Hall–Kier alpha value is -2.96. The number of fused-ring (bicyclic) bond motifs is 1. The first-order chi connectivity index (χ1) is 12.7. The SMILES string of the molecule is C/C(=N\NC(=O)C1CC(c2ccco2)NN1)c1ccc2ccccc2c1. The summed E-state index contributed by atoms with van der Waals surface area (Å²) in [5, 5.41) is 6.59. The van der Waals surface area contributed by atoms with E-state index in [0.29, 0.717) is 6.42 Å². The Kier molecular flexibility index (Phi) is 4.51. The Morgan fingerprint density at radius 2 is 1.96 bits per heavy atom. The van der Waals surface area contributed by atoms with Crippen molar-refractivity contribution in [3.63, 3.8) is 0 Å². The summed E-state index contributed by atoms with van der Waals surface area (Å²) in [6.45, 7) is 1.89. The van der Waals surface area contributed by atoms with Crippen molar-refractivity contribution in [1.29, 1.82) is 0 Å². The quantitative estimate of drug-likeness (QED) is 0.500. The Balaban J connectivity index is 1.41. The zero-order chi connectivity index (χ0) is 17.9. The summed E-state index contributed by atoms with van der Waals surface area (Å²) in [7, 11) is 0. The molecule has 132 valence electrons. The number of hydrogen-bond donors (Lipinski definition) is 3. The van der Waals surface area contributed by atoms with Crippen molar-refractivity contribution in [3.05, 3.63) is 72.2 Å².